The first-order chi connectivity index (χ1) is 13.7. The number of ether oxygens (including phenoxy) is 1. The number of nitrogens with zero attached hydrogens (tertiary/aromatic N) is 3. The van der Waals surface area contributed by atoms with Gasteiger partial charge in [0.05, 0.1) is 24.2 Å². The predicted octanol–water partition coefficient (Wildman–Crippen LogP) is 2.71. The number of nitrogens with two attached hydrogens (primary N) is 1. The van der Waals surface area contributed by atoms with E-state index in [1.54, 1.807) is 25.6 Å². The van der Waals surface area contributed by atoms with Gasteiger partial charge in [-0.25, -0.2) is 9.78 Å². The second kappa shape index (κ2) is 9.80. The van der Waals surface area contributed by atoms with E-state index in [-0.39, 0.29) is 12.1 Å². The number of hydrogen-bond donors (Lipinski definition) is 3. The number of rotatable bonds is 7. The van der Waals surface area contributed by atoms with Crippen LogP contribution in [0.5, 0.6) is 0 Å². The zero-order valence-corrected chi connectivity index (χ0v) is 16.0. The molecule has 0 radical (unpaired) electrons. The van der Waals surface area contributed by atoms with E-state index in [2.05, 4.69) is 25.6 Å². The van der Waals surface area contributed by atoms with Gasteiger partial charge in [0.2, 0.25) is 0 Å². The molecule has 2 heterocycles. The van der Waals surface area contributed by atoms with Gasteiger partial charge in [-0.05, 0) is 31.0 Å². The van der Waals surface area contributed by atoms with Crippen molar-refractivity contribution in [3.63, 3.8) is 0 Å². The third-order valence-corrected chi connectivity index (χ3v) is 4.64. The smallest absolute Gasteiger partial charge is 0.320 e. The van der Waals surface area contributed by atoms with Gasteiger partial charge in [-0.2, -0.15) is 0 Å². The van der Waals surface area contributed by atoms with Crippen LogP contribution in [0.2, 0.25) is 0 Å². The number of aliphatic imine (C=N–C) groups is 1. The van der Waals surface area contributed by atoms with Gasteiger partial charge in [0.15, 0.2) is 0 Å². The van der Waals surface area contributed by atoms with Crippen LogP contribution in [0, 0.1) is 0 Å². The molecule has 0 saturated heterocycles. The van der Waals surface area contributed by atoms with Crippen LogP contribution < -0.4 is 16.4 Å². The highest BCUT2D eigenvalue weighted by Crippen LogP contribution is 2.20. The van der Waals surface area contributed by atoms with Gasteiger partial charge in [0, 0.05) is 42.9 Å². The molecule has 0 aliphatic heterocycles. The Hall–Kier alpha value is -3.00. The van der Waals surface area contributed by atoms with Crippen LogP contribution in [0.25, 0.3) is 16.6 Å². The number of methoxy groups -OCH3 is 1. The van der Waals surface area contributed by atoms with Crippen LogP contribution in [0.3, 0.4) is 0 Å². The molecule has 0 unspecified atom stereocenters. The highest BCUT2D eigenvalue weighted by atomic mass is 16.5. The number of carbonyl (C=O) groups is 1. The lowest BCUT2D eigenvalue weighted by Gasteiger charge is -2.12. The predicted molar refractivity (Wildman–Crippen MR) is 111 cm³/mol. The Morgan fingerprint density at radius 3 is 2.93 bits per heavy atom. The summed E-state index contributed by atoms with van der Waals surface area (Å²) < 4.78 is 4.98. The summed E-state index contributed by atoms with van der Waals surface area (Å²) in [4.78, 5) is 25.4. The molecule has 3 rings (SSSR count). The highest BCUT2D eigenvalue weighted by Gasteiger charge is 2.17. The van der Waals surface area contributed by atoms with E-state index in [1.165, 1.54) is 19.0 Å². The number of pyridine rings is 2. The first kappa shape index (κ1) is 19.8. The zero-order valence-electron chi connectivity index (χ0n) is 16.0. The fraction of sp³-hybridized carbons (Fsp3) is 0.400. The largest absolute Gasteiger partial charge is 0.404 e. The minimum absolute atomic E-state index is 0.226. The Kier molecular flexibility index (Phi) is 6.91. The molecule has 1 saturated carbocycles. The molecule has 1 fully saturated rings. The second-order valence-corrected chi connectivity index (χ2v) is 6.69. The fourth-order valence-electron chi connectivity index (χ4n) is 3.16. The molecule has 0 aromatic carbocycles. The van der Waals surface area contributed by atoms with Gasteiger partial charge in [-0.1, -0.05) is 12.8 Å². The second-order valence-electron chi connectivity index (χ2n) is 6.69. The molecule has 2 aromatic heterocycles. The molecule has 1 aliphatic carbocycles. The number of amides is 2. The Balaban J connectivity index is 1.73. The summed E-state index contributed by atoms with van der Waals surface area (Å²) in [5.74, 6) is 0.481. The van der Waals surface area contributed by atoms with Crippen LogP contribution >= 0.6 is 0 Å². The van der Waals surface area contributed by atoms with E-state index in [9.17, 15) is 4.79 Å². The molecular weight excluding hydrogens is 356 g/mol. The van der Waals surface area contributed by atoms with Crippen molar-refractivity contribution < 1.29 is 9.53 Å². The van der Waals surface area contributed by atoms with Gasteiger partial charge in [-0.3, -0.25) is 15.3 Å². The van der Waals surface area contributed by atoms with E-state index in [1.807, 2.05) is 12.1 Å². The minimum Gasteiger partial charge on any atom is -0.404 e. The molecule has 1 aliphatic rings. The highest BCUT2D eigenvalue weighted by molar-refractivity contribution is 6.10. The Bertz CT molecular complexity index is 874. The number of fused-ring (bicyclic) bond motifs is 1. The van der Waals surface area contributed by atoms with E-state index in [0.717, 1.165) is 29.5 Å². The summed E-state index contributed by atoms with van der Waals surface area (Å²) in [7, 11) is 1.63. The lowest BCUT2D eigenvalue weighted by atomic mass is 10.1. The van der Waals surface area contributed by atoms with Crippen LogP contribution in [0.15, 0.2) is 35.6 Å². The maximum atomic E-state index is 12.2. The van der Waals surface area contributed by atoms with E-state index >= 15 is 0 Å². The van der Waals surface area contributed by atoms with E-state index < -0.39 is 0 Å². The van der Waals surface area contributed by atoms with Crippen molar-refractivity contribution in [2.24, 2.45) is 10.7 Å². The van der Waals surface area contributed by atoms with E-state index in [4.69, 9.17) is 10.5 Å². The van der Waals surface area contributed by atoms with Crippen molar-refractivity contribution in [1.29, 1.82) is 0 Å². The standard InChI is InChI=1S/C20H26N6O2/c1-28-9-8-22-12-15(11-21)14-10-18-17(23-13-14)6-7-19(25-18)26-20(27)24-16-4-2-3-5-16/h6-7,10-13,16H,2-5,8-9,21H2,1H3,(H2,24,25,26,27). The summed E-state index contributed by atoms with van der Waals surface area (Å²) in [5, 5.41) is 5.79. The number of anilines is 1. The molecule has 8 heteroatoms. The first-order valence-electron chi connectivity index (χ1n) is 9.45. The van der Waals surface area contributed by atoms with Gasteiger partial charge < -0.3 is 15.8 Å². The molecule has 0 spiro atoms. The number of urea groups is 1. The summed E-state index contributed by atoms with van der Waals surface area (Å²) in [6, 6.07) is 5.48. The quantitative estimate of drug-likeness (QED) is 0.503. The molecule has 2 aromatic rings. The van der Waals surface area contributed by atoms with Crippen LogP contribution in [0.4, 0.5) is 10.6 Å². The number of aromatic nitrogens is 2. The average Bonchev–Trinajstić information content (AvgIpc) is 3.20. The molecule has 148 valence electrons. The number of carbonyl (C=O) groups excluding carboxylic acids is 1. The number of nitrogens with one attached hydrogen (secondary N) is 2. The van der Waals surface area contributed by atoms with Crippen LogP contribution in [-0.2, 0) is 4.74 Å². The van der Waals surface area contributed by atoms with Crippen molar-refractivity contribution in [3.05, 3.63) is 36.2 Å². The lowest BCUT2D eigenvalue weighted by molar-refractivity contribution is 0.208. The zero-order chi connectivity index (χ0) is 19.8. The summed E-state index contributed by atoms with van der Waals surface area (Å²) in [5.41, 5.74) is 8.68. The molecule has 0 atom stereocenters. The number of allylic oxidation sites excluding steroid dienone is 1. The first-order valence-corrected chi connectivity index (χ1v) is 9.45. The third-order valence-electron chi connectivity index (χ3n) is 4.64. The SMILES string of the molecule is COCCN=CC(=CN)c1cnc2ccc(NC(=O)NC3CCCC3)nc2c1. The molecule has 28 heavy (non-hydrogen) atoms. The lowest BCUT2D eigenvalue weighted by Crippen LogP contribution is -2.36. The van der Waals surface area contributed by atoms with Crippen molar-refractivity contribution in [3.8, 4) is 0 Å². The molecule has 4 N–H and O–H groups in total. The van der Waals surface area contributed by atoms with Gasteiger partial charge in [-0.15, -0.1) is 0 Å². The van der Waals surface area contributed by atoms with Gasteiger partial charge in [0.1, 0.15) is 5.82 Å². The molecule has 2 amide bonds. The topological polar surface area (TPSA) is 115 Å². The Morgan fingerprint density at radius 2 is 2.18 bits per heavy atom. The van der Waals surface area contributed by atoms with Crippen molar-refractivity contribution in [1.82, 2.24) is 15.3 Å². The normalized spacial score (nSPS) is 15.4. The third kappa shape index (κ3) is 5.26. The average molecular weight is 382 g/mol. The van der Waals surface area contributed by atoms with Crippen molar-refractivity contribution >= 4 is 34.7 Å². The molecule has 0 bridgehead atoms. The fourth-order valence-corrected chi connectivity index (χ4v) is 3.16. The van der Waals surface area contributed by atoms with Crippen molar-refractivity contribution in [2.45, 2.75) is 31.7 Å². The summed E-state index contributed by atoms with van der Waals surface area (Å²) in [6.07, 6.45) is 9.30. The monoisotopic (exact) mass is 382 g/mol. The maximum Gasteiger partial charge on any atom is 0.320 e. The van der Waals surface area contributed by atoms with Gasteiger partial charge >= 0.3 is 6.03 Å². The summed E-state index contributed by atoms with van der Waals surface area (Å²) in [6.45, 7) is 1.10. The van der Waals surface area contributed by atoms with Crippen LogP contribution in [-0.4, -0.2) is 48.5 Å². The Labute approximate surface area is 164 Å². The maximum absolute atomic E-state index is 12.2. The van der Waals surface area contributed by atoms with Crippen molar-refractivity contribution in [2.75, 3.05) is 25.6 Å². The molecular formula is C20H26N6O2. The molecule has 8 nitrogen and oxygen atoms in total. The van der Waals surface area contributed by atoms with Crippen LogP contribution in [0.1, 0.15) is 31.2 Å². The van der Waals surface area contributed by atoms with E-state index in [0.29, 0.717) is 24.5 Å². The minimum atomic E-state index is -0.226. The summed E-state index contributed by atoms with van der Waals surface area (Å²) >= 11 is 0. The number of hydrogen-bond acceptors (Lipinski definition) is 6. The van der Waals surface area contributed by atoms with Gasteiger partial charge in [0.25, 0.3) is 0 Å². The Morgan fingerprint density at radius 1 is 1.36 bits per heavy atom.